The van der Waals surface area contributed by atoms with Crippen molar-refractivity contribution in [2.45, 2.75) is 155 Å². The van der Waals surface area contributed by atoms with Gasteiger partial charge in [-0.15, -0.1) is 13.2 Å². The van der Waals surface area contributed by atoms with Crippen molar-refractivity contribution in [1.82, 2.24) is 0 Å². The minimum atomic E-state index is -2.67. The van der Waals surface area contributed by atoms with Crippen molar-refractivity contribution in [1.29, 1.82) is 0 Å². The predicted octanol–water partition coefficient (Wildman–Crippen LogP) is 10.1. The Labute approximate surface area is 272 Å². The van der Waals surface area contributed by atoms with Crippen molar-refractivity contribution in [3.05, 3.63) is 13.2 Å². The predicted molar refractivity (Wildman–Crippen MR) is 208 cm³/mol. The Hall–Kier alpha value is 1.45. The van der Waals surface area contributed by atoms with Gasteiger partial charge in [-0.25, -0.2) is 0 Å². The molecule has 0 aliphatic carbocycles. The third kappa shape index (κ3) is 12.6. The molecule has 252 valence electrons. The first-order chi connectivity index (χ1) is 18.6. The minimum Gasteiger partial charge on any atom is -0.456 e. The third-order valence-corrected chi connectivity index (χ3v) is 62.5. The van der Waals surface area contributed by atoms with Gasteiger partial charge < -0.3 is 25.0 Å². The lowest BCUT2D eigenvalue weighted by molar-refractivity contribution is 0.243. The summed E-state index contributed by atoms with van der Waals surface area (Å²) in [5, 5.41) is 0. The van der Waals surface area contributed by atoms with Gasteiger partial charge in [-0.05, 0) is 121 Å². The van der Waals surface area contributed by atoms with Crippen LogP contribution in [0.5, 0.6) is 0 Å². The fourth-order valence-electron chi connectivity index (χ4n) is 5.05. The van der Waals surface area contributed by atoms with Crippen LogP contribution in [0.4, 0.5) is 0 Å². The molecule has 1 rings (SSSR count). The Morgan fingerprint density at radius 3 is 1.43 bits per heavy atom. The van der Waals surface area contributed by atoms with Crippen molar-refractivity contribution in [2.24, 2.45) is 0 Å². The van der Waals surface area contributed by atoms with E-state index in [4.69, 9.17) is 25.0 Å². The highest BCUT2D eigenvalue weighted by Gasteiger charge is 2.68. The quantitative estimate of drug-likeness (QED) is 0.116. The van der Waals surface area contributed by atoms with E-state index < -0.39 is 73.4 Å². The summed E-state index contributed by atoms with van der Waals surface area (Å²) in [6.45, 7) is 49.4. The summed E-state index contributed by atoms with van der Waals surface area (Å²) in [7, 11) is -18.9. The average molecular weight is 746 g/mol. The lowest BCUT2D eigenvalue weighted by Gasteiger charge is -2.58. The average Bonchev–Trinajstić information content (AvgIpc) is 2.82. The molecule has 0 saturated carbocycles. The van der Waals surface area contributed by atoms with Crippen LogP contribution in [0.1, 0.15) is 20.8 Å². The van der Waals surface area contributed by atoms with Crippen LogP contribution >= 0.6 is 0 Å². The summed E-state index contributed by atoms with van der Waals surface area (Å²) in [6, 6.07) is 6.57. The number of rotatable bonds is 16. The van der Waals surface area contributed by atoms with E-state index in [9.17, 15) is 0 Å². The Morgan fingerprint density at radius 1 is 0.548 bits per heavy atom. The van der Waals surface area contributed by atoms with Crippen molar-refractivity contribution < 1.29 is 25.0 Å². The monoisotopic (exact) mass is 744 g/mol. The van der Waals surface area contributed by atoms with Gasteiger partial charge in [0.1, 0.15) is 7.59 Å². The first kappa shape index (κ1) is 43.5. The highest BCUT2D eigenvalue weighted by atomic mass is 29.3. The molecule has 1 aliphatic heterocycles. The Kier molecular flexibility index (Phi) is 16.1. The van der Waals surface area contributed by atoms with E-state index in [-0.39, 0.29) is 0 Å². The molecular formula is C27H72O6Si9. The van der Waals surface area contributed by atoms with Crippen LogP contribution in [0.3, 0.4) is 0 Å². The zero-order valence-corrected chi connectivity index (χ0v) is 40.3. The zero-order valence-electron chi connectivity index (χ0n) is 31.3. The van der Waals surface area contributed by atoms with E-state index in [2.05, 4.69) is 132 Å². The highest BCUT2D eigenvalue weighted by molar-refractivity contribution is 7.45. The van der Waals surface area contributed by atoms with Crippen LogP contribution < -0.4 is 0 Å². The Bertz CT molecular complexity index is 858. The maximum atomic E-state index is 7.45. The van der Waals surface area contributed by atoms with Crippen LogP contribution in [0.15, 0.2) is 13.2 Å². The molecule has 0 amide bonds. The SMILES string of the molecule is C=C.CC[Si](C)(C)OCC[Si](C)(C)[Si]1(C)O[Si](C)(CC[Si](C)(C)O[Si](C)(C)CC)O[Si](C)([Si](C)(C)O[Si](C)(C)CC)O1. The Morgan fingerprint density at radius 2 is 0.976 bits per heavy atom. The summed E-state index contributed by atoms with van der Waals surface area (Å²) < 4.78 is 42.7. The van der Waals surface area contributed by atoms with Crippen LogP contribution in [0.25, 0.3) is 0 Å². The molecular weight excluding hydrogens is 673 g/mol. The fraction of sp³-hybridized carbons (Fsp3) is 0.926. The molecule has 1 saturated heterocycles. The summed E-state index contributed by atoms with van der Waals surface area (Å²) in [6.07, 6.45) is 0. The van der Waals surface area contributed by atoms with Gasteiger partial charge >= 0.3 is 16.6 Å². The van der Waals surface area contributed by atoms with Gasteiger partial charge in [0.15, 0.2) is 33.3 Å². The third-order valence-electron chi connectivity index (χ3n) is 9.57. The van der Waals surface area contributed by atoms with E-state index in [0.717, 1.165) is 42.9 Å². The molecule has 3 atom stereocenters. The summed E-state index contributed by atoms with van der Waals surface area (Å²) in [5.74, 6) is 0. The lowest BCUT2D eigenvalue weighted by Crippen LogP contribution is -2.82. The largest absolute Gasteiger partial charge is 0.456 e. The molecule has 0 aromatic heterocycles. The first-order valence-electron chi connectivity index (χ1n) is 16.3. The van der Waals surface area contributed by atoms with E-state index in [1.807, 2.05) is 0 Å². The summed E-state index contributed by atoms with van der Waals surface area (Å²) >= 11 is 0. The van der Waals surface area contributed by atoms with Gasteiger partial charge in [0.05, 0.1) is 0 Å². The molecule has 6 nitrogen and oxygen atoms in total. The zero-order chi connectivity index (χ0) is 33.7. The highest BCUT2D eigenvalue weighted by Crippen LogP contribution is 2.44. The topological polar surface area (TPSA) is 55.4 Å². The maximum absolute atomic E-state index is 7.45. The summed E-state index contributed by atoms with van der Waals surface area (Å²) in [5.41, 5.74) is 0. The molecule has 15 heteroatoms. The molecule has 1 heterocycles. The van der Waals surface area contributed by atoms with Gasteiger partial charge in [0, 0.05) is 6.61 Å². The second-order valence-corrected chi connectivity index (χ2v) is 64.2. The molecule has 42 heavy (non-hydrogen) atoms. The van der Waals surface area contributed by atoms with Crippen LogP contribution in [0.2, 0.25) is 134 Å². The van der Waals surface area contributed by atoms with Crippen LogP contribution in [-0.4, -0.2) is 80.0 Å². The lowest BCUT2D eigenvalue weighted by atomic mass is 10.9. The number of hydrogen-bond acceptors (Lipinski definition) is 6. The molecule has 0 aromatic carbocycles. The second-order valence-electron chi connectivity index (χ2n) is 16.1. The van der Waals surface area contributed by atoms with Crippen molar-refractivity contribution in [2.75, 3.05) is 6.61 Å². The molecule has 0 spiro atoms. The van der Waals surface area contributed by atoms with Crippen molar-refractivity contribution in [3.63, 3.8) is 0 Å². The van der Waals surface area contributed by atoms with Gasteiger partial charge in [-0.1, -0.05) is 33.9 Å². The normalized spacial score (nSPS) is 26.5. The van der Waals surface area contributed by atoms with Crippen molar-refractivity contribution in [3.8, 4) is 0 Å². The van der Waals surface area contributed by atoms with E-state index >= 15 is 0 Å². The fourth-order valence-corrected chi connectivity index (χ4v) is 64.9. The first-order valence-corrected chi connectivity index (χ1v) is 44.0. The van der Waals surface area contributed by atoms with Gasteiger partial charge in [0.2, 0.25) is 7.83 Å². The van der Waals surface area contributed by atoms with Gasteiger partial charge in [-0.3, -0.25) is 0 Å². The molecule has 0 bridgehead atoms. The maximum Gasteiger partial charge on any atom is 0.327 e. The van der Waals surface area contributed by atoms with E-state index in [1.165, 1.54) is 0 Å². The Balaban J connectivity index is 0.00000821. The molecule has 0 N–H and O–H groups in total. The minimum absolute atomic E-state index is 0.830. The van der Waals surface area contributed by atoms with Gasteiger partial charge in [-0.2, -0.15) is 0 Å². The molecule has 3 unspecified atom stereocenters. The van der Waals surface area contributed by atoms with E-state index in [1.54, 1.807) is 0 Å². The van der Waals surface area contributed by atoms with Crippen molar-refractivity contribution >= 4 is 73.4 Å². The van der Waals surface area contributed by atoms with Crippen LogP contribution in [0, 0.1) is 0 Å². The summed E-state index contributed by atoms with van der Waals surface area (Å²) in [4.78, 5) is 0. The van der Waals surface area contributed by atoms with E-state index in [0.29, 0.717) is 0 Å². The molecule has 0 aromatic rings. The van der Waals surface area contributed by atoms with Gasteiger partial charge in [0.25, 0.3) is 8.08 Å². The standard InChI is InChI=1S/C25H68O6Si9.C2H4/c1-19-32(4,5)26-22-23-36(12,13)39(17)29-38(16,25-24-35(10,11)27-33(6,7)20-2)30-40(18,31-39)37(14,15)28-34(8,9)21-3;1-2/h19-25H2,1-18H3;1-2H2. The smallest absolute Gasteiger partial charge is 0.327 e. The molecule has 1 fully saturated rings. The number of hydrogen-bond donors (Lipinski definition) is 0. The van der Waals surface area contributed by atoms with Crippen LogP contribution in [-0.2, 0) is 25.0 Å². The second kappa shape index (κ2) is 15.6. The molecule has 0 radical (unpaired) electrons. The molecule has 1 aliphatic rings.